The first-order valence-electron chi connectivity index (χ1n) is 5.76. The van der Waals surface area contributed by atoms with E-state index in [9.17, 15) is 9.18 Å². The topological polar surface area (TPSA) is 41.1 Å². The molecule has 3 rings (SSSR count). The summed E-state index contributed by atoms with van der Waals surface area (Å²) >= 11 is 5.70. The van der Waals surface area contributed by atoms with Crippen molar-refractivity contribution < 1.29 is 9.18 Å². The first-order chi connectivity index (χ1) is 9.15. The minimum atomic E-state index is -0.591. The molecule has 1 aliphatic heterocycles. The molecule has 96 valence electrons. The van der Waals surface area contributed by atoms with Crippen molar-refractivity contribution in [1.82, 2.24) is 0 Å². The molecule has 19 heavy (non-hydrogen) atoms. The van der Waals surface area contributed by atoms with Crippen molar-refractivity contribution >= 4 is 28.9 Å². The zero-order chi connectivity index (χ0) is 13.4. The molecule has 5 heteroatoms. The third-order valence-corrected chi connectivity index (χ3v) is 3.26. The lowest BCUT2D eigenvalue weighted by Gasteiger charge is -2.13. The van der Waals surface area contributed by atoms with Crippen LogP contribution in [0.1, 0.15) is 11.6 Å². The van der Waals surface area contributed by atoms with Crippen molar-refractivity contribution in [3.63, 3.8) is 0 Å². The number of nitrogens with one attached hydrogen (secondary N) is 2. The lowest BCUT2D eigenvalue weighted by molar-refractivity contribution is -0.116. The average molecular weight is 277 g/mol. The molecule has 2 aromatic rings. The van der Waals surface area contributed by atoms with Crippen LogP contribution in [0.5, 0.6) is 0 Å². The van der Waals surface area contributed by atoms with Gasteiger partial charge in [0, 0.05) is 16.3 Å². The minimum absolute atomic E-state index is 0.199. The van der Waals surface area contributed by atoms with Crippen LogP contribution < -0.4 is 10.6 Å². The van der Waals surface area contributed by atoms with Gasteiger partial charge < -0.3 is 10.6 Å². The maximum atomic E-state index is 13.7. The van der Waals surface area contributed by atoms with Crippen molar-refractivity contribution in [1.29, 1.82) is 0 Å². The smallest absolute Gasteiger partial charge is 0.251 e. The molecular weight excluding hydrogens is 267 g/mol. The summed E-state index contributed by atoms with van der Waals surface area (Å²) in [6, 6.07) is 11.0. The molecule has 3 nitrogen and oxygen atoms in total. The van der Waals surface area contributed by atoms with Gasteiger partial charge in [0.15, 0.2) is 0 Å². The molecule has 0 saturated heterocycles. The van der Waals surface area contributed by atoms with Crippen molar-refractivity contribution in [2.75, 3.05) is 10.6 Å². The molecule has 1 amide bonds. The number of amides is 1. The molecule has 0 fully saturated rings. The zero-order valence-corrected chi connectivity index (χ0v) is 10.5. The van der Waals surface area contributed by atoms with Gasteiger partial charge in [-0.3, -0.25) is 4.79 Å². The number of para-hydroxylation sites is 1. The molecule has 0 saturated carbocycles. The Morgan fingerprint density at radius 1 is 1.21 bits per heavy atom. The van der Waals surface area contributed by atoms with E-state index in [0.29, 0.717) is 5.02 Å². The van der Waals surface area contributed by atoms with Gasteiger partial charge in [-0.1, -0.05) is 29.8 Å². The Morgan fingerprint density at radius 2 is 2.00 bits per heavy atom. The average Bonchev–Trinajstić information content (AvgIpc) is 2.69. The fraction of sp³-hybridized carbons (Fsp3) is 0.0714. The number of rotatable bonds is 2. The maximum absolute atomic E-state index is 13.7. The van der Waals surface area contributed by atoms with Crippen molar-refractivity contribution in [3.8, 4) is 0 Å². The largest absolute Gasteiger partial charge is 0.368 e. The summed E-state index contributed by atoms with van der Waals surface area (Å²) < 4.78 is 13.7. The first-order valence-corrected chi connectivity index (χ1v) is 6.14. The van der Waals surface area contributed by atoms with Crippen LogP contribution in [0.15, 0.2) is 42.5 Å². The van der Waals surface area contributed by atoms with Gasteiger partial charge in [0.25, 0.3) is 5.91 Å². The van der Waals surface area contributed by atoms with Crippen LogP contribution in [-0.4, -0.2) is 5.91 Å². The van der Waals surface area contributed by atoms with E-state index in [1.54, 1.807) is 6.07 Å². The highest BCUT2D eigenvalue weighted by Gasteiger charge is 2.30. The fourth-order valence-corrected chi connectivity index (χ4v) is 2.27. The molecule has 0 aromatic heterocycles. The van der Waals surface area contributed by atoms with E-state index in [1.807, 2.05) is 24.3 Å². The second-order valence-corrected chi connectivity index (χ2v) is 4.71. The molecule has 1 unspecified atom stereocenters. The SMILES string of the molecule is O=C1Nc2ccccc2C1Nc1ccc(Cl)cc1F. The van der Waals surface area contributed by atoms with Crippen LogP contribution in [0.3, 0.4) is 0 Å². The molecule has 0 spiro atoms. The van der Waals surface area contributed by atoms with Crippen LogP contribution in [0, 0.1) is 5.82 Å². The summed E-state index contributed by atoms with van der Waals surface area (Å²) in [6.07, 6.45) is 0. The molecular formula is C14H10ClFN2O. The van der Waals surface area contributed by atoms with E-state index >= 15 is 0 Å². The van der Waals surface area contributed by atoms with Crippen molar-refractivity contribution in [2.24, 2.45) is 0 Å². The summed E-state index contributed by atoms with van der Waals surface area (Å²) in [5.74, 6) is -0.680. The van der Waals surface area contributed by atoms with Crippen LogP contribution in [0.4, 0.5) is 15.8 Å². The lowest BCUT2D eigenvalue weighted by Crippen LogP contribution is -2.20. The second-order valence-electron chi connectivity index (χ2n) is 4.28. The Kier molecular flexibility index (Phi) is 2.87. The number of fused-ring (bicyclic) bond motifs is 1. The number of carbonyl (C=O) groups is 1. The van der Waals surface area contributed by atoms with Crippen LogP contribution in [-0.2, 0) is 4.79 Å². The number of carbonyl (C=O) groups excluding carboxylic acids is 1. The number of anilines is 2. The Morgan fingerprint density at radius 3 is 2.79 bits per heavy atom. The van der Waals surface area contributed by atoms with E-state index in [-0.39, 0.29) is 11.6 Å². The normalized spacial score (nSPS) is 16.9. The number of hydrogen-bond donors (Lipinski definition) is 2. The fourth-order valence-electron chi connectivity index (χ4n) is 2.11. The Hall–Kier alpha value is -2.07. The van der Waals surface area contributed by atoms with Gasteiger partial charge in [-0.25, -0.2) is 4.39 Å². The number of benzene rings is 2. The predicted octanol–water partition coefficient (Wildman–Crippen LogP) is 3.58. The molecule has 1 atom stereocenters. The van der Waals surface area contributed by atoms with Gasteiger partial charge in [0.2, 0.25) is 0 Å². The highest BCUT2D eigenvalue weighted by atomic mass is 35.5. The van der Waals surface area contributed by atoms with Gasteiger partial charge in [0.05, 0.1) is 5.69 Å². The third kappa shape index (κ3) is 2.15. The van der Waals surface area contributed by atoms with Crippen molar-refractivity contribution in [3.05, 3.63) is 58.9 Å². The number of halogens is 2. The Bertz CT molecular complexity index is 660. The number of hydrogen-bond acceptors (Lipinski definition) is 2. The quantitative estimate of drug-likeness (QED) is 0.880. The zero-order valence-electron chi connectivity index (χ0n) is 9.78. The Labute approximate surface area is 114 Å². The standard InChI is InChI=1S/C14H10ClFN2O/c15-8-5-6-12(10(16)7-8)17-13-9-3-1-2-4-11(9)18-14(13)19/h1-7,13,17H,(H,18,19). The second kappa shape index (κ2) is 4.55. The summed E-state index contributed by atoms with van der Waals surface area (Å²) in [7, 11) is 0. The predicted molar refractivity (Wildman–Crippen MR) is 72.8 cm³/mol. The van der Waals surface area contributed by atoms with Gasteiger partial charge in [0.1, 0.15) is 11.9 Å². The molecule has 0 bridgehead atoms. The third-order valence-electron chi connectivity index (χ3n) is 3.02. The first kappa shape index (κ1) is 12.0. The van der Waals surface area contributed by atoms with Crippen molar-refractivity contribution in [2.45, 2.75) is 6.04 Å². The highest BCUT2D eigenvalue weighted by molar-refractivity contribution is 6.30. The minimum Gasteiger partial charge on any atom is -0.368 e. The van der Waals surface area contributed by atoms with E-state index in [0.717, 1.165) is 11.3 Å². The van der Waals surface area contributed by atoms with Gasteiger partial charge >= 0.3 is 0 Å². The summed E-state index contributed by atoms with van der Waals surface area (Å²) in [5, 5.41) is 5.96. The molecule has 0 aliphatic carbocycles. The summed E-state index contributed by atoms with van der Waals surface area (Å²) in [5.41, 5.74) is 1.81. The van der Waals surface area contributed by atoms with E-state index in [1.165, 1.54) is 12.1 Å². The van der Waals surface area contributed by atoms with E-state index in [2.05, 4.69) is 10.6 Å². The summed E-state index contributed by atoms with van der Waals surface area (Å²) in [4.78, 5) is 11.9. The monoisotopic (exact) mass is 276 g/mol. The van der Waals surface area contributed by atoms with Crippen LogP contribution in [0.2, 0.25) is 5.02 Å². The Balaban J connectivity index is 1.93. The highest BCUT2D eigenvalue weighted by Crippen LogP contribution is 2.33. The van der Waals surface area contributed by atoms with Gasteiger partial charge in [-0.2, -0.15) is 0 Å². The van der Waals surface area contributed by atoms with Gasteiger partial charge in [-0.05, 0) is 24.3 Å². The molecule has 2 aromatic carbocycles. The maximum Gasteiger partial charge on any atom is 0.251 e. The van der Waals surface area contributed by atoms with Crippen LogP contribution in [0.25, 0.3) is 0 Å². The molecule has 1 aliphatic rings. The lowest BCUT2D eigenvalue weighted by atomic mass is 10.1. The summed E-state index contributed by atoms with van der Waals surface area (Å²) in [6.45, 7) is 0. The van der Waals surface area contributed by atoms with Gasteiger partial charge in [-0.15, -0.1) is 0 Å². The molecule has 2 N–H and O–H groups in total. The van der Waals surface area contributed by atoms with E-state index < -0.39 is 11.9 Å². The molecule has 0 radical (unpaired) electrons. The van der Waals surface area contributed by atoms with E-state index in [4.69, 9.17) is 11.6 Å². The van der Waals surface area contributed by atoms with Crippen LogP contribution >= 0.6 is 11.6 Å². The molecule has 1 heterocycles.